The van der Waals surface area contributed by atoms with Gasteiger partial charge in [-0.3, -0.25) is 4.79 Å². The molecule has 142 valence electrons. The second-order valence-corrected chi connectivity index (χ2v) is 6.34. The molecule has 0 heterocycles. The van der Waals surface area contributed by atoms with E-state index in [0.717, 1.165) is 33.8 Å². The van der Waals surface area contributed by atoms with E-state index in [4.69, 9.17) is 15.2 Å². The van der Waals surface area contributed by atoms with Crippen LogP contribution in [0, 0.1) is 0 Å². The highest BCUT2D eigenvalue weighted by atomic mass is 16.5. The average molecular weight is 373 g/mol. The maximum absolute atomic E-state index is 12.5. The lowest BCUT2D eigenvalue weighted by molar-refractivity contribution is -0.114. The van der Waals surface area contributed by atoms with Gasteiger partial charge in [-0.05, 0) is 46.5 Å². The van der Waals surface area contributed by atoms with Gasteiger partial charge < -0.3 is 15.2 Å². The molecule has 4 nitrogen and oxygen atoms in total. The molecule has 0 saturated heterocycles. The molecule has 3 aromatic carbocycles. The summed E-state index contributed by atoms with van der Waals surface area (Å²) in [6.45, 7) is 0. The molecule has 4 heteroatoms. The molecule has 1 amide bonds. The number of ether oxygens (including phenoxy) is 2. The second-order valence-electron chi connectivity index (χ2n) is 6.34. The van der Waals surface area contributed by atoms with Gasteiger partial charge in [0.1, 0.15) is 11.5 Å². The Morgan fingerprint density at radius 2 is 1.21 bits per heavy atom. The first-order chi connectivity index (χ1) is 13.6. The molecule has 0 aliphatic carbocycles. The van der Waals surface area contributed by atoms with Crippen LogP contribution in [0.1, 0.15) is 16.7 Å². The Hall–Kier alpha value is -3.53. The zero-order valence-corrected chi connectivity index (χ0v) is 16.0. The van der Waals surface area contributed by atoms with Crippen molar-refractivity contribution in [1.29, 1.82) is 0 Å². The standard InChI is InChI=1S/C24H23NO3/c1-27-20-12-8-18(9-13-20)23(19-10-14-21(28-2)15-11-19)22(24(25)26)16-17-6-4-3-5-7-17/h3-15H,16H2,1-2H3,(H2,25,26). The SMILES string of the molecule is COc1ccc(C(=C(Cc2ccccc2)C(N)=O)c2ccc(OC)cc2)cc1. The summed E-state index contributed by atoms with van der Waals surface area (Å²) in [6.07, 6.45) is 0.448. The zero-order valence-electron chi connectivity index (χ0n) is 16.0. The molecule has 28 heavy (non-hydrogen) atoms. The lowest BCUT2D eigenvalue weighted by Gasteiger charge is -2.16. The van der Waals surface area contributed by atoms with E-state index in [2.05, 4.69) is 0 Å². The van der Waals surface area contributed by atoms with Crippen LogP contribution >= 0.6 is 0 Å². The van der Waals surface area contributed by atoms with Gasteiger partial charge in [0.15, 0.2) is 0 Å². The van der Waals surface area contributed by atoms with Crippen molar-refractivity contribution in [3.05, 3.63) is 101 Å². The Labute approximate surface area is 165 Å². The maximum atomic E-state index is 12.5. The average Bonchev–Trinajstić information content (AvgIpc) is 2.75. The van der Waals surface area contributed by atoms with Gasteiger partial charge in [-0.25, -0.2) is 0 Å². The molecule has 0 aliphatic rings. The maximum Gasteiger partial charge on any atom is 0.245 e. The molecule has 3 aromatic rings. The number of rotatable bonds is 7. The highest BCUT2D eigenvalue weighted by molar-refractivity contribution is 6.04. The van der Waals surface area contributed by atoms with Crippen LogP contribution in [-0.2, 0) is 11.2 Å². The molecular formula is C24H23NO3. The molecule has 0 saturated carbocycles. The monoisotopic (exact) mass is 373 g/mol. The second kappa shape index (κ2) is 8.91. The molecule has 2 N–H and O–H groups in total. The highest BCUT2D eigenvalue weighted by Gasteiger charge is 2.17. The summed E-state index contributed by atoms with van der Waals surface area (Å²) in [6, 6.07) is 25.1. The molecule has 0 fully saturated rings. The molecule has 0 spiro atoms. The number of carbonyl (C=O) groups is 1. The first kappa shape index (κ1) is 19.2. The fraction of sp³-hybridized carbons (Fsp3) is 0.125. The first-order valence-corrected chi connectivity index (χ1v) is 8.98. The van der Waals surface area contributed by atoms with Gasteiger partial charge in [-0.1, -0.05) is 54.6 Å². The third-order valence-electron chi connectivity index (χ3n) is 4.58. The van der Waals surface area contributed by atoms with Crippen LogP contribution in [0.5, 0.6) is 11.5 Å². The van der Waals surface area contributed by atoms with Crippen molar-refractivity contribution < 1.29 is 14.3 Å². The number of hydrogen-bond acceptors (Lipinski definition) is 3. The van der Waals surface area contributed by atoms with Gasteiger partial charge in [-0.2, -0.15) is 0 Å². The third kappa shape index (κ3) is 4.41. The van der Waals surface area contributed by atoms with Gasteiger partial charge in [0, 0.05) is 12.0 Å². The van der Waals surface area contributed by atoms with E-state index in [-0.39, 0.29) is 0 Å². The summed E-state index contributed by atoms with van der Waals surface area (Å²) in [7, 11) is 3.25. The summed E-state index contributed by atoms with van der Waals surface area (Å²) < 4.78 is 10.5. The summed E-state index contributed by atoms with van der Waals surface area (Å²) in [5, 5.41) is 0. The van der Waals surface area contributed by atoms with Gasteiger partial charge in [0.05, 0.1) is 14.2 Å². The number of hydrogen-bond donors (Lipinski definition) is 1. The Morgan fingerprint density at radius 1 is 0.750 bits per heavy atom. The molecule has 0 aromatic heterocycles. The van der Waals surface area contributed by atoms with E-state index in [1.54, 1.807) is 14.2 Å². The van der Waals surface area contributed by atoms with Gasteiger partial charge in [-0.15, -0.1) is 0 Å². The van der Waals surface area contributed by atoms with Gasteiger partial charge in [0.2, 0.25) is 5.91 Å². The number of methoxy groups -OCH3 is 2. The minimum Gasteiger partial charge on any atom is -0.497 e. The predicted molar refractivity (Wildman–Crippen MR) is 111 cm³/mol. The number of primary amides is 1. The number of amides is 1. The van der Waals surface area contributed by atoms with Crippen LogP contribution < -0.4 is 15.2 Å². The normalized spacial score (nSPS) is 10.2. The van der Waals surface area contributed by atoms with Crippen LogP contribution in [0.25, 0.3) is 5.57 Å². The molecule has 0 atom stereocenters. The minimum absolute atomic E-state index is 0.439. The Bertz CT molecular complexity index is 909. The fourth-order valence-electron chi connectivity index (χ4n) is 3.13. The van der Waals surface area contributed by atoms with E-state index in [1.807, 2.05) is 78.9 Å². The summed E-state index contributed by atoms with van der Waals surface area (Å²) in [4.78, 5) is 12.5. The van der Waals surface area contributed by atoms with Crippen LogP contribution in [0.2, 0.25) is 0 Å². The van der Waals surface area contributed by atoms with Crippen LogP contribution in [-0.4, -0.2) is 20.1 Å². The topological polar surface area (TPSA) is 61.5 Å². The van der Waals surface area contributed by atoms with Gasteiger partial charge in [0.25, 0.3) is 0 Å². The zero-order chi connectivity index (χ0) is 19.9. The van der Waals surface area contributed by atoms with Crippen molar-refractivity contribution in [2.75, 3.05) is 14.2 Å². The van der Waals surface area contributed by atoms with Gasteiger partial charge >= 0.3 is 0 Å². The predicted octanol–water partition coefficient (Wildman–Crippen LogP) is 4.23. The number of benzene rings is 3. The van der Waals surface area contributed by atoms with E-state index in [1.165, 1.54) is 0 Å². The number of carbonyl (C=O) groups excluding carboxylic acids is 1. The summed E-state index contributed by atoms with van der Waals surface area (Å²) >= 11 is 0. The van der Waals surface area contributed by atoms with Crippen molar-refractivity contribution in [2.45, 2.75) is 6.42 Å². The van der Waals surface area contributed by atoms with E-state index in [0.29, 0.717) is 12.0 Å². The lowest BCUT2D eigenvalue weighted by Crippen LogP contribution is -2.18. The number of nitrogens with two attached hydrogens (primary N) is 1. The minimum atomic E-state index is -0.439. The summed E-state index contributed by atoms with van der Waals surface area (Å²) in [5.74, 6) is 1.06. The molecular weight excluding hydrogens is 350 g/mol. The van der Waals surface area contributed by atoms with E-state index >= 15 is 0 Å². The van der Waals surface area contributed by atoms with Crippen LogP contribution in [0.15, 0.2) is 84.4 Å². The molecule has 0 radical (unpaired) electrons. The highest BCUT2D eigenvalue weighted by Crippen LogP contribution is 2.31. The largest absolute Gasteiger partial charge is 0.497 e. The molecule has 3 rings (SSSR count). The Morgan fingerprint density at radius 3 is 1.61 bits per heavy atom. The van der Waals surface area contributed by atoms with Crippen LogP contribution in [0.4, 0.5) is 0 Å². The smallest absolute Gasteiger partial charge is 0.245 e. The Balaban J connectivity index is 2.18. The van der Waals surface area contributed by atoms with Crippen molar-refractivity contribution in [3.63, 3.8) is 0 Å². The molecule has 0 unspecified atom stereocenters. The Kier molecular flexibility index (Phi) is 6.12. The van der Waals surface area contributed by atoms with E-state index < -0.39 is 5.91 Å². The van der Waals surface area contributed by atoms with Crippen LogP contribution in [0.3, 0.4) is 0 Å². The van der Waals surface area contributed by atoms with Crippen molar-refractivity contribution in [1.82, 2.24) is 0 Å². The quantitative estimate of drug-likeness (QED) is 0.630. The van der Waals surface area contributed by atoms with E-state index in [9.17, 15) is 4.79 Å². The summed E-state index contributed by atoms with van der Waals surface area (Å²) in [5.41, 5.74) is 10.0. The van der Waals surface area contributed by atoms with Crippen molar-refractivity contribution in [3.8, 4) is 11.5 Å². The molecule has 0 aliphatic heterocycles. The van der Waals surface area contributed by atoms with Crippen molar-refractivity contribution >= 4 is 11.5 Å². The first-order valence-electron chi connectivity index (χ1n) is 8.98. The fourth-order valence-corrected chi connectivity index (χ4v) is 3.13. The lowest BCUT2D eigenvalue weighted by atomic mass is 9.89. The van der Waals surface area contributed by atoms with Crippen molar-refractivity contribution in [2.24, 2.45) is 5.73 Å². The molecule has 0 bridgehead atoms. The third-order valence-corrected chi connectivity index (χ3v) is 4.58.